The van der Waals surface area contributed by atoms with Crippen LogP contribution in [0.3, 0.4) is 0 Å². The predicted octanol–water partition coefficient (Wildman–Crippen LogP) is 5.38. The van der Waals surface area contributed by atoms with Gasteiger partial charge in [-0.25, -0.2) is 4.98 Å². The van der Waals surface area contributed by atoms with Gasteiger partial charge in [0.15, 0.2) is 0 Å². The molecule has 0 bridgehead atoms. The fourth-order valence-electron chi connectivity index (χ4n) is 3.68. The van der Waals surface area contributed by atoms with Crippen LogP contribution in [-0.2, 0) is 10.1 Å². The van der Waals surface area contributed by atoms with E-state index in [1.165, 1.54) is 30.5 Å². The molecule has 0 saturated carbocycles. The maximum Gasteiger partial charge on any atom is 0.339 e. The standard InChI is InChI=1S/C28H29N5O4S/c1-18(2)20-9-15-24(16-10-20)38(35,36)37-23-13-11-22(12-14-23)32-28-30-17-25(26(29)34)27(33-28)31-19(3)21-7-5-4-6-8-21/h4-19H,1-3H3,(H2,29,34)(H2,30,31,32,33)/t19-/m1/s1. The van der Waals surface area contributed by atoms with Crippen LogP contribution in [0.25, 0.3) is 0 Å². The molecule has 1 heterocycles. The van der Waals surface area contributed by atoms with Gasteiger partial charge in [-0.3, -0.25) is 4.79 Å². The zero-order valence-corrected chi connectivity index (χ0v) is 22.1. The Hall–Kier alpha value is -4.44. The molecule has 1 aromatic heterocycles. The number of amides is 1. The molecule has 4 aromatic rings. The highest BCUT2D eigenvalue weighted by molar-refractivity contribution is 7.87. The van der Waals surface area contributed by atoms with E-state index in [9.17, 15) is 13.2 Å². The lowest BCUT2D eigenvalue weighted by Gasteiger charge is -2.17. The number of nitrogens with zero attached hydrogens (tertiary/aromatic N) is 2. The number of anilines is 3. The molecule has 38 heavy (non-hydrogen) atoms. The van der Waals surface area contributed by atoms with Gasteiger partial charge in [0.25, 0.3) is 5.91 Å². The largest absolute Gasteiger partial charge is 0.379 e. The molecule has 196 valence electrons. The molecule has 4 N–H and O–H groups in total. The minimum atomic E-state index is -3.98. The maximum absolute atomic E-state index is 12.7. The number of primary amides is 1. The quantitative estimate of drug-likeness (QED) is 0.232. The van der Waals surface area contributed by atoms with Crippen LogP contribution in [0.5, 0.6) is 5.75 Å². The summed E-state index contributed by atoms with van der Waals surface area (Å²) in [5.41, 5.74) is 8.32. The molecule has 0 fully saturated rings. The summed E-state index contributed by atoms with van der Waals surface area (Å²) >= 11 is 0. The summed E-state index contributed by atoms with van der Waals surface area (Å²) in [5.74, 6) is 0.321. The van der Waals surface area contributed by atoms with E-state index in [1.807, 2.05) is 51.1 Å². The van der Waals surface area contributed by atoms with Crippen LogP contribution in [-0.4, -0.2) is 24.3 Å². The normalized spacial score (nSPS) is 12.1. The lowest BCUT2D eigenvalue weighted by molar-refractivity contribution is 0.100. The lowest BCUT2D eigenvalue weighted by Crippen LogP contribution is -2.18. The Morgan fingerprint density at radius 3 is 2.16 bits per heavy atom. The van der Waals surface area contributed by atoms with Gasteiger partial charge in [0.2, 0.25) is 5.95 Å². The third-order valence-corrected chi connectivity index (χ3v) is 7.12. The summed E-state index contributed by atoms with van der Waals surface area (Å²) in [6.45, 7) is 6.02. The lowest BCUT2D eigenvalue weighted by atomic mass is 10.0. The van der Waals surface area contributed by atoms with Gasteiger partial charge in [0.05, 0.1) is 5.56 Å². The van der Waals surface area contributed by atoms with Crippen molar-refractivity contribution in [1.29, 1.82) is 0 Å². The molecule has 1 amide bonds. The molecule has 0 aliphatic carbocycles. The second-order valence-corrected chi connectivity index (χ2v) is 10.6. The molecule has 4 rings (SSSR count). The third-order valence-electron chi connectivity index (χ3n) is 5.86. The molecule has 0 saturated heterocycles. The van der Waals surface area contributed by atoms with Gasteiger partial charge < -0.3 is 20.6 Å². The summed E-state index contributed by atoms with van der Waals surface area (Å²) in [6.07, 6.45) is 1.35. The number of nitrogens with two attached hydrogens (primary N) is 1. The molecule has 0 spiro atoms. The third kappa shape index (κ3) is 6.46. The smallest absolute Gasteiger partial charge is 0.339 e. The number of benzene rings is 3. The van der Waals surface area contributed by atoms with Gasteiger partial charge in [-0.15, -0.1) is 0 Å². The van der Waals surface area contributed by atoms with Crippen molar-refractivity contribution >= 4 is 33.5 Å². The van der Waals surface area contributed by atoms with E-state index in [2.05, 4.69) is 20.6 Å². The Labute approximate surface area is 222 Å². The van der Waals surface area contributed by atoms with Crippen molar-refractivity contribution in [1.82, 2.24) is 9.97 Å². The average Bonchev–Trinajstić information content (AvgIpc) is 2.90. The number of carbonyl (C=O) groups excluding carboxylic acids is 1. The van der Waals surface area contributed by atoms with Crippen LogP contribution in [0.15, 0.2) is 90.0 Å². The Bertz CT molecular complexity index is 1510. The van der Waals surface area contributed by atoms with Gasteiger partial charge in [0, 0.05) is 17.9 Å². The topological polar surface area (TPSA) is 136 Å². The molecular weight excluding hydrogens is 502 g/mol. The van der Waals surface area contributed by atoms with Crippen LogP contribution in [0, 0.1) is 0 Å². The van der Waals surface area contributed by atoms with Gasteiger partial charge in [-0.2, -0.15) is 13.4 Å². The van der Waals surface area contributed by atoms with E-state index in [1.54, 1.807) is 24.3 Å². The van der Waals surface area contributed by atoms with E-state index in [-0.39, 0.29) is 28.2 Å². The zero-order valence-electron chi connectivity index (χ0n) is 21.3. The van der Waals surface area contributed by atoms with Crippen molar-refractivity contribution < 1.29 is 17.4 Å². The second-order valence-electron chi connectivity index (χ2n) is 9.01. The Morgan fingerprint density at radius 2 is 1.55 bits per heavy atom. The fraction of sp³-hybridized carbons (Fsp3) is 0.179. The monoisotopic (exact) mass is 531 g/mol. The van der Waals surface area contributed by atoms with Crippen LogP contribution in [0.1, 0.15) is 54.2 Å². The minimum absolute atomic E-state index is 0.0804. The number of hydrogen-bond acceptors (Lipinski definition) is 8. The Balaban J connectivity index is 1.47. The molecular formula is C28H29N5O4S. The first-order valence-corrected chi connectivity index (χ1v) is 13.4. The summed E-state index contributed by atoms with van der Waals surface area (Å²) < 4.78 is 30.6. The first-order valence-electron chi connectivity index (χ1n) is 12.0. The number of carbonyl (C=O) groups is 1. The molecule has 1 atom stereocenters. The zero-order chi connectivity index (χ0) is 27.3. The SMILES string of the molecule is CC(C)c1ccc(S(=O)(=O)Oc2ccc(Nc3ncc(C(N)=O)c(N[C@H](C)c4ccccc4)n3)cc2)cc1. The van der Waals surface area contributed by atoms with E-state index >= 15 is 0 Å². The van der Waals surface area contributed by atoms with Crippen LogP contribution in [0.4, 0.5) is 17.5 Å². The van der Waals surface area contributed by atoms with Gasteiger partial charge in [-0.05, 0) is 60.4 Å². The maximum atomic E-state index is 12.7. The van der Waals surface area contributed by atoms with Crippen LogP contribution in [0.2, 0.25) is 0 Å². The molecule has 9 nitrogen and oxygen atoms in total. The fourth-order valence-corrected chi connectivity index (χ4v) is 4.61. The Morgan fingerprint density at radius 1 is 0.895 bits per heavy atom. The van der Waals surface area contributed by atoms with Crippen molar-refractivity contribution in [3.05, 3.63) is 102 Å². The highest BCUT2D eigenvalue weighted by Crippen LogP contribution is 2.25. The van der Waals surface area contributed by atoms with Crippen molar-refractivity contribution in [2.24, 2.45) is 5.73 Å². The number of nitrogens with one attached hydrogen (secondary N) is 2. The van der Waals surface area contributed by atoms with E-state index < -0.39 is 16.0 Å². The predicted molar refractivity (Wildman–Crippen MR) is 147 cm³/mol. The molecule has 3 aromatic carbocycles. The second kappa shape index (κ2) is 11.3. The van der Waals surface area contributed by atoms with E-state index in [4.69, 9.17) is 9.92 Å². The molecule has 0 aliphatic heterocycles. The van der Waals surface area contributed by atoms with E-state index in [0.717, 1.165) is 11.1 Å². The van der Waals surface area contributed by atoms with Crippen LogP contribution >= 0.6 is 0 Å². The van der Waals surface area contributed by atoms with Crippen molar-refractivity contribution in [3.8, 4) is 5.75 Å². The summed E-state index contributed by atoms with van der Waals surface area (Å²) in [5, 5.41) is 6.26. The van der Waals surface area contributed by atoms with Crippen molar-refractivity contribution in [3.63, 3.8) is 0 Å². The van der Waals surface area contributed by atoms with Gasteiger partial charge in [-0.1, -0.05) is 56.3 Å². The number of hydrogen-bond donors (Lipinski definition) is 3. The summed E-state index contributed by atoms with van der Waals surface area (Å²) in [4.78, 5) is 20.6. The molecule has 0 unspecified atom stereocenters. The molecule has 10 heteroatoms. The average molecular weight is 532 g/mol. The van der Waals surface area contributed by atoms with Crippen molar-refractivity contribution in [2.45, 2.75) is 37.6 Å². The highest BCUT2D eigenvalue weighted by atomic mass is 32.2. The number of aromatic nitrogens is 2. The van der Waals surface area contributed by atoms with Gasteiger partial charge in [0.1, 0.15) is 16.5 Å². The van der Waals surface area contributed by atoms with Gasteiger partial charge >= 0.3 is 10.1 Å². The van der Waals surface area contributed by atoms with E-state index in [0.29, 0.717) is 17.4 Å². The first-order chi connectivity index (χ1) is 18.1. The Kier molecular flexibility index (Phi) is 7.92. The summed E-state index contributed by atoms with van der Waals surface area (Å²) in [6, 6.07) is 22.5. The minimum Gasteiger partial charge on any atom is -0.379 e. The molecule has 0 radical (unpaired) electrons. The summed E-state index contributed by atoms with van der Waals surface area (Å²) in [7, 11) is -3.98. The number of rotatable bonds is 10. The first kappa shape index (κ1) is 26.6. The molecule has 0 aliphatic rings. The van der Waals surface area contributed by atoms with Crippen molar-refractivity contribution in [2.75, 3.05) is 10.6 Å². The highest BCUT2D eigenvalue weighted by Gasteiger charge is 2.18. The van der Waals surface area contributed by atoms with Crippen LogP contribution < -0.4 is 20.6 Å².